The zero-order valence-corrected chi connectivity index (χ0v) is 21.3. The molecule has 3 aromatic rings. The van der Waals surface area contributed by atoms with Crippen LogP contribution in [-0.4, -0.2) is 35.5 Å². The second-order valence-electron chi connectivity index (χ2n) is 7.65. The number of hydrogen-bond acceptors (Lipinski definition) is 9. The fourth-order valence-corrected chi connectivity index (χ4v) is 4.51. The smallest absolute Gasteiger partial charge is 0.268 e. The Labute approximate surface area is 212 Å². The maximum absolute atomic E-state index is 13.1. The maximum atomic E-state index is 13.1. The van der Waals surface area contributed by atoms with Gasteiger partial charge in [0.2, 0.25) is 15.0 Å². The molecule has 12 heteroatoms. The molecule has 36 heavy (non-hydrogen) atoms. The normalized spacial score (nSPS) is 11.7. The fraction of sp³-hybridized carbons (Fsp3) is 0.250. The summed E-state index contributed by atoms with van der Waals surface area (Å²) < 4.78 is 52.7. The van der Waals surface area contributed by atoms with Crippen LogP contribution in [0.25, 0.3) is 6.08 Å². The minimum Gasteiger partial charge on any atom is -0.490 e. The molecular weight excluding hydrogens is 507 g/mol. The van der Waals surface area contributed by atoms with Crippen molar-refractivity contribution in [3.63, 3.8) is 0 Å². The Bertz CT molecular complexity index is 1410. The maximum Gasteiger partial charge on any atom is 0.268 e. The summed E-state index contributed by atoms with van der Waals surface area (Å²) in [5, 5.41) is 10.8. The summed E-state index contributed by atoms with van der Waals surface area (Å²) in [7, 11) is -3.69. The van der Waals surface area contributed by atoms with Gasteiger partial charge in [0.15, 0.2) is 11.5 Å². The van der Waals surface area contributed by atoms with Crippen LogP contribution in [0.15, 0.2) is 53.2 Å². The first-order valence-electron chi connectivity index (χ1n) is 10.8. The molecule has 2 aromatic carbocycles. The highest BCUT2D eigenvalue weighted by Gasteiger charge is 2.25. The molecule has 0 bridgehead atoms. The van der Waals surface area contributed by atoms with Gasteiger partial charge in [0.05, 0.1) is 11.9 Å². The Morgan fingerprint density at radius 1 is 1.19 bits per heavy atom. The van der Waals surface area contributed by atoms with E-state index in [0.717, 1.165) is 5.56 Å². The molecule has 0 atom stereocenters. The molecule has 0 saturated carbocycles. The van der Waals surface area contributed by atoms with Gasteiger partial charge in [-0.2, -0.15) is 14.6 Å². The number of halogens is 1. The van der Waals surface area contributed by atoms with Crippen LogP contribution in [0, 0.1) is 17.1 Å². The molecule has 0 aliphatic heterocycles. The lowest BCUT2D eigenvalue weighted by atomic mass is 10.1. The largest absolute Gasteiger partial charge is 0.490 e. The third-order valence-corrected chi connectivity index (χ3v) is 7.43. The first kappa shape index (κ1) is 26.8. The van der Waals surface area contributed by atoms with Crippen molar-refractivity contribution in [2.75, 3.05) is 11.9 Å². The van der Waals surface area contributed by atoms with Crippen molar-refractivity contribution >= 4 is 38.5 Å². The Balaban J connectivity index is 1.77. The summed E-state index contributed by atoms with van der Waals surface area (Å²) in [6.45, 7) is 5.35. The first-order chi connectivity index (χ1) is 17.1. The van der Waals surface area contributed by atoms with E-state index in [9.17, 15) is 22.9 Å². The average Bonchev–Trinajstić information content (AvgIpc) is 3.32. The third-order valence-electron chi connectivity index (χ3n) is 4.75. The van der Waals surface area contributed by atoms with Gasteiger partial charge in [-0.15, -0.1) is 0 Å². The highest BCUT2D eigenvalue weighted by molar-refractivity contribution is 7.91. The summed E-state index contributed by atoms with van der Waals surface area (Å²) in [6, 6.07) is 12.6. The molecular formula is C24H23FN4O5S2. The van der Waals surface area contributed by atoms with Crippen LogP contribution >= 0.6 is 11.5 Å². The lowest BCUT2D eigenvalue weighted by Crippen LogP contribution is -2.16. The number of rotatable bonds is 10. The molecule has 188 valence electrons. The zero-order chi connectivity index (χ0) is 26.3. The fourth-order valence-electron chi connectivity index (χ4n) is 2.81. The number of amides is 1. The van der Waals surface area contributed by atoms with Crippen molar-refractivity contribution in [2.24, 2.45) is 0 Å². The SMILES string of the molecule is CCOc1cc(C=C(C#N)C(=O)Nc2nc(S(=O)(=O)C(C)C)ns2)ccc1OCc1ccc(F)cc1. The Morgan fingerprint density at radius 2 is 1.92 bits per heavy atom. The van der Waals surface area contributed by atoms with Crippen LogP contribution in [0.5, 0.6) is 11.5 Å². The van der Waals surface area contributed by atoms with Crippen molar-refractivity contribution in [3.05, 3.63) is 65.0 Å². The topological polar surface area (TPSA) is 131 Å². The highest BCUT2D eigenvalue weighted by Crippen LogP contribution is 2.30. The summed E-state index contributed by atoms with van der Waals surface area (Å²) in [4.78, 5) is 16.5. The molecule has 9 nitrogen and oxygen atoms in total. The van der Waals surface area contributed by atoms with E-state index in [1.807, 2.05) is 6.07 Å². The number of nitriles is 1. The second kappa shape index (κ2) is 11.7. The number of anilines is 1. The number of sulfone groups is 1. The van der Waals surface area contributed by atoms with Gasteiger partial charge in [0.25, 0.3) is 11.1 Å². The molecule has 0 spiro atoms. The van der Waals surface area contributed by atoms with Gasteiger partial charge in [-0.05, 0) is 62.2 Å². The van der Waals surface area contributed by atoms with E-state index < -0.39 is 21.0 Å². The molecule has 1 N–H and O–H groups in total. The summed E-state index contributed by atoms with van der Waals surface area (Å²) in [6.07, 6.45) is 1.36. The van der Waals surface area contributed by atoms with Gasteiger partial charge in [0, 0.05) is 11.5 Å². The van der Waals surface area contributed by atoms with Crippen LogP contribution in [0.1, 0.15) is 31.9 Å². The van der Waals surface area contributed by atoms with E-state index >= 15 is 0 Å². The van der Waals surface area contributed by atoms with Gasteiger partial charge >= 0.3 is 0 Å². The van der Waals surface area contributed by atoms with Crippen molar-refractivity contribution in [3.8, 4) is 17.6 Å². The van der Waals surface area contributed by atoms with E-state index in [0.29, 0.717) is 35.2 Å². The number of nitrogens with zero attached hydrogens (tertiary/aromatic N) is 3. The Kier molecular flexibility index (Phi) is 8.73. The number of carbonyl (C=O) groups excluding carboxylic acids is 1. The molecule has 0 unspecified atom stereocenters. The van der Waals surface area contributed by atoms with E-state index in [2.05, 4.69) is 14.7 Å². The third kappa shape index (κ3) is 6.65. The molecule has 0 radical (unpaired) electrons. The van der Waals surface area contributed by atoms with Crippen molar-refractivity contribution < 1.29 is 27.1 Å². The standard InChI is InChI=1S/C24H23FN4O5S2/c1-4-33-21-12-17(7-10-20(21)34-14-16-5-8-19(25)9-6-16)11-18(13-26)22(30)27-23-28-24(29-35-23)36(31,32)15(2)3/h5-12,15H,4,14H2,1-3H3,(H,27,28,29,30). The van der Waals surface area contributed by atoms with Crippen molar-refractivity contribution in [1.82, 2.24) is 9.36 Å². The molecule has 0 aliphatic carbocycles. The van der Waals surface area contributed by atoms with Gasteiger partial charge in [-0.3, -0.25) is 10.1 Å². The molecule has 1 amide bonds. The average molecular weight is 531 g/mol. The lowest BCUT2D eigenvalue weighted by molar-refractivity contribution is -0.112. The van der Waals surface area contributed by atoms with E-state index in [1.54, 1.807) is 37.3 Å². The van der Waals surface area contributed by atoms with Gasteiger partial charge < -0.3 is 9.47 Å². The summed E-state index contributed by atoms with van der Waals surface area (Å²) >= 11 is 0.706. The van der Waals surface area contributed by atoms with Gasteiger partial charge in [-0.25, -0.2) is 12.8 Å². The van der Waals surface area contributed by atoms with E-state index in [4.69, 9.17) is 9.47 Å². The molecule has 1 heterocycles. The second-order valence-corrected chi connectivity index (χ2v) is 10.8. The molecule has 0 aliphatic rings. The predicted octanol–water partition coefficient (Wildman–Crippen LogP) is 4.38. The molecule has 1 aromatic heterocycles. The number of hydrogen-bond donors (Lipinski definition) is 1. The lowest BCUT2D eigenvalue weighted by Gasteiger charge is -2.13. The van der Waals surface area contributed by atoms with Crippen molar-refractivity contribution in [2.45, 2.75) is 37.8 Å². The van der Waals surface area contributed by atoms with Crippen LogP contribution < -0.4 is 14.8 Å². The van der Waals surface area contributed by atoms with Crippen LogP contribution in [0.3, 0.4) is 0 Å². The van der Waals surface area contributed by atoms with Gasteiger partial charge in [-0.1, -0.05) is 18.2 Å². The zero-order valence-electron chi connectivity index (χ0n) is 19.7. The van der Waals surface area contributed by atoms with E-state index in [1.165, 1.54) is 32.1 Å². The number of aromatic nitrogens is 2. The number of ether oxygens (including phenoxy) is 2. The van der Waals surface area contributed by atoms with E-state index in [-0.39, 0.29) is 28.3 Å². The number of carbonyl (C=O) groups is 1. The Hall–Kier alpha value is -3.82. The molecule has 3 rings (SSSR count). The number of benzene rings is 2. The molecule has 0 fully saturated rings. The quantitative estimate of drug-likeness (QED) is 0.302. The summed E-state index contributed by atoms with van der Waals surface area (Å²) in [5.74, 6) is -0.265. The minimum atomic E-state index is -3.69. The highest BCUT2D eigenvalue weighted by atomic mass is 32.2. The van der Waals surface area contributed by atoms with Crippen molar-refractivity contribution in [1.29, 1.82) is 5.26 Å². The van der Waals surface area contributed by atoms with Crippen LogP contribution in [-0.2, 0) is 21.2 Å². The monoisotopic (exact) mass is 530 g/mol. The first-order valence-corrected chi connectivity index (χ1v) is 13.1. The minimum absolute atomic E-state index is 0.0417. The van der Waals surface area contributed by atoms with Gasteiger partial charge in [0.1, 0.15) is 24.1 Å². The molecule has 0 saturated heterocycles. The predicted molar refractivity (Wildman–Crippen MR) is 133 cm³/mol. The van der Waals surface area contributed by atoms with Crippen LogP contribution in [0.4, 0.5) is 9.52 Å². The van der Waals surface area contributed by atoms with Crippen LogP contribution in [0.2, 0.25) is 0 Å². The number of nitrogens with one attached hydrogen (secondary N) is 1. The Morgan fingerprint density at radius 3 is 2.56 bits per heavy atom. The summed E-state index contributed by atoms with van der Waals surface area (Å²) in [5.41, 5.74) is 1.04.